The summed E-state index contributed by atoms with van der Waals surface area (Å²) in [5.41, 5.74) is 9.01. The molecule has 2 aromatic carbocycles. The molecule has 0 fully saturated rings. The molecule has 2 aromatic rings. The molecule has 0 bridgehead atoms. The Kier molecular flexibility index (Phi) is 7.78. The van der Waals surface area contributed by atoms with Gasteiger partial charge in [-0.3, -0.25) is 0 Å². The van der Waals surface area contributed by atoms with E-state index in [-0.39, 0.29) is 24.0 Å². The van der Waals surface area contributed by atoms with Gasteiger partial charge in [-0.25, -0.2) is 4.99 Å². The van der Waals surface area contributed by atoms with E-state index in [0.29, 0.717) is 19.1 Å². The maximum absolute atomic E-state index is 5.92. The summed E-state index contributed by atoms with van der Waals surface area (Å²) in [6.45, 7) is 1.10. The zero-order chi connectivity index (χ0) is 14.2. The number of methoxy groups -OCH3 is 1. The Morgan fingerprint density at radius 3 is 2.48 bits per heavy atom. The number of anilines is 1. The summed E-state index contributed by atoms with van der Waals surface area (Å²) in [5, 5.41) is 3.11. The monoisotopic (exact) mass is 397 g/mol. The summed E-state index contributed by atoms with van der Waals surface area (Å²) in [5.74, 6) is 0.400. The van der Waals surface area contributed by atoms with Crippen molar-refractivity contribution in [1.82, 2.24) is 0 Å². The first-order chi connectivity index (χ1) is 9.79. The zero-order valence-corrected chi connectivity index (χ0v) is 14.3. The Balaban J connectivity index is 0.00000220. The highest BCUT2D eigenvalue weighted by Crippen LogP contribution is 2.15. The van der Waals surface area contributed by atoms with Crippen molar-refractivity contribution in [1.29, 1.82) is 0 Å². The summed E-state index contributed by atoms with van der Waals surface area (Å²) < 4.78 is 5.16. The van der Waals surface area contributed by atoms with Gasteiger partial charge in [0.1, 0.15) is 0 Å². The minimum atomic E-state index is 0. The van der Waals surface area contributed by atoms with E-state index < -0.39 is 0 Å². The fourth-order valence-corrected chi connectivity index (χ4v) is 1.86. The third-order valence-corrected chi connectivity index (χ3v) is 2.85. The first-order valence-electron chi connectivity index (χ1n) is 6.47. The number of aliphatic imine (C=N–C) groups is 1. The lowest BCUT2D eigenvalue weighted by molar-refractivity contribution is 0.185. The Labute approximate surface area is 142 Å². The third kappa shape index (κ3) is 5.73. The smallest absolute Gasteiger partial charge is 0.193 e. The maximum Gasteiger partial charge on any atom is 0.193 e. The first-order valence-corrected chi connectivity index (χ1v) is 6.47. The third-order valence-electron chi connectivity index (χ3n) is 2.85. The number of nitrogens with two attached hydrogens (primary N) is 1. The molecule has 0 aliphatic heterocycles. The number of benzene rings is 2. The van der Waals surface area contributed by atoms with Gasteiger partial charge in [-0.2, -0.15) is 0 Å². The predicted octanol–water partition coefficient (Wildman–Crippen LogP) is 3.38. The van der Waals surface area contributed by atoms with Crippen LogP contribution in [-0.4, -0.2) is 13.1 Å². The van der Waals surface area contributed by atoms with Gasteiger partial charge in [0.05, 0.1) is 13.2 Å². The highest BCUT2D eigenvalue weighted by Gasteiger charge is 2.02. The number of ether oxygens (including phenoxy) is 1. The molecule has 2 rings (SSSR count). The number of hydrogen-bond acceptors (Lipinski definition) is 2. The predicted molar refractivity (Wildman–Crippen MR) is 98.0 cm³/mol. The fraction of sp³-hybridized carbons (Fsp3) is 0.188. The number of nitrogens with one attached hydrogen (secondary N) is 1. The Morgan fingerprint density at radius 2 is 1.76 bits per heavy atom. The van der Waals surface area contributed by atoms with Gasteiger partial charge in [0.25, 0.3) is 0 Å². The van der Waals surface area contributed by atoms with Crippen LogP contribution in [-0.2, 0) is 17.9 Å². The SMILES string of the molecule is COCc1ccccc1NC(N)=NCc1ccccc1.I. The van der Waals surface area contributed by atoms with Gasteiger partial charge in [-0.05, 0) is 11.6 Å². The molecule has 0 amide bonds. The Morgan fingerprint density at radius 1 is 1.10 bits per heavy atom. The molecule has 0 saturated carbocycles. The summed E-state index contributed by atoms with van der Waals surface area (Å²) >= 11 is 0. The second-order valence-electron chi connectivity index (χ2n) is 4.40. The number of para-hydroxylation sites is 1. The molecule has 0 saturated heterocycles. The van der Waals surface area contributed by atoms with Gasteiger partial charge in [-0.1, -0.05) is 48.5 Å². The normalized spacial score (nSPS) is 10.8. The summed E-state index contributed by atoms with van der Waals surface area (Å²) in [7, 11) is 1.67. The highest BCUT2D eigenvalue weighted by atomic mass is 127. The van der Waals surface area contributed by atoms with Crippen LogP contribution in [0.1, 0.15) is 11.1 Å². The standard InChI is InChI=1S/C16H19N3O.HI/c1-20-12-14-9-5-6-10-15(14)19-16(17)18-11-13-7-3-2-4-8-13;/h2-10H,11-12H2,1H3,(H3,17,18,19);1H. The molecule has 0 atom stereocenters. The Hall–Kier alpha value is -1.60. The molecule has 0 aliphatic rings. The van der Waals surface area contributed by atoms with Crippen LogP contribution in [0, 0.1) is 0 Å². The molecule has 0 aliphatic carbocycles. The highest BCUT2D eigenvalue weighted by molar-refractivity contribution is 14.0. The van der Waals surface area contributed by atoms with Crippen molar-refractivity contribution < 1.29 is 4.74 Å². The van der Waals surface area contributed by atoms with Crippen molar-refractivity contribution in [2.45, 2.75) is 13.2 Å². The molecule has 0 unspecified atom stereocenters. The molecule has 5 heteroatoms. The van der Waals surface area contributed by atoms with E-state index in [4.69, 9.17) is 10.5 Å². The fourth-order valence-electron chi connectivity index (χ4n) is 1.86. The number of rotatable bonds is 5. The van der Waals surface area contributed by atoms with Crippen LogP contribution in [0.2, 0.25) is 0 Å². The first kappa shape index (κ1) is 17.5. The van der Waals surface area contributed by atoms with Crippen LogP contribution in [0.4, 0.5) is 5.69 Å². The van der Waals surface area contributed by atoms with Crippen molar-refractivity contribution in [3.8, 4) is 0 Å². The van der Waals surface area contributed by atoms with Gasteiger partial charge < -0.3 is 15.8 Å². The second-order valence-corrected chi connectivity index (χ2v) is 4.40. The lowest BCUT2D eigenvalue weighted by atomic mass is 10.2. The summed E-state index contributed by atoms with van der Waals surface area (Å²) in [6, 6.07) is 17.9. The molecule has 0 heterocycles. The molecular weight excluding hydrogens is 377 g/mol. The maximum atomic E-state index is 5.92. The molecule has 4 nitrogen and oxygen atoms in total. The number of guanidine groups is 1. The lowest BCUT2D eigenvalue weighted by Crippen LogP contribution is -2.23. The Bertz CT molecular complexity index is 573. The van der Waals surface area contributed by atoms with E-state index in [1.54, 1.807) is 7.11 Å². The topological polar surface area (TPSA) is 59.6 Å². The number of nitrogens with zero attached hydrogens (tertiary/aromatic N) is 1. The van der Waals surface area contributed by atoms with Gasteiger partial charge in [0.15, 0.2) is 5.96 Å². The van der Waals surface area contributed by atoms with Gasteiger partial charge >= 0.3 is 0 Å². The van der Waals surface area contributed by atoms with E-state index in [2.05, 4.69) is 10.3 Å². The lowest BCUT2D eigenvalue weighted by Gasteiger charge is -2.10. The molecule has 3 N–H and O–H groups in total. The average molecular weight is 397 g/mol. The van der Waals surface area contributed by atoms with E-state index in [1.165, 1.54) is 0 Å². The minimum absolute atomic E-state index is 0. The zero-order valence-electron chi connectivity index (χ0n) is 12.0. The van der Waals surface area contributed by atoms with E-state index >= 15 is 0 Å². The quantitative estimate of drug-likeness (QED) is 0.462. The van der Waals surface area contributed by atoms with Crippen molar-refractivity contribution >= 4 is 35.6 Å². The molecule has 112 valence electrons. The molecule has 0 radical (unpaired) electrons. The van der Waals surface area contributed by atoms with Gasteiger partial charge in [-0.15, -0.1) is 24.0 Å². The number of halogens is 1. The average Bonchev–Trinajstić information content (AvgIpc) is 2.49. The largest absolute Gasteiger partial charge is 0.380 e. The molecule has 0 spiro atoms. The van der Waals surface area contributed by atoms with Crippen LogP contribution < -0.4 is 11.1 Å². The molecular formula is C16H20IN3O. The van der Waals surface area contributed by atoms with E-state index in [1.807, 2.05) is 54.6 Å². The van der Waals surface area contributed by atoms with Crippen molar-refractivity contribution in [3.63, 3.8) is 0 Å². The molecule has 21 heavy (non-hydrogen) atoms. The van der Waals surface area contributed by atoms with Gasteiger partial charge in [0, 0.05) is 18.4 Å². The van der Waals surface area contributed by atoms with Crippen LogP contribution in [0.15, 0.2) is 59.6 Å². The van der Waals surface area contributed by atoms with E-state index in [9.17, 15) is 0 Å². The summed E-state index contributed by atoms with van der Waals surface area (Å²) in [6.07, 6.45) is 0. The van der Waals surface area contributed by atoms with Crippen LogP contribution in [0.3, 0.4) is 0 Å². The second kappa shape index (κ2) is 9.36. The van der Waals surface area contributed by atoms with Crippen molar-refractivity contribution in [2.75, 3.05) is 12.4 Å². The van der Waals surface area contributed by atoms with Crippen LogP contribution in [0.25, 0.3) is 0 Å². The van der Waals surface area contributed by atoms with Crippen molar-refractivity contribution in [2.24, 2.45) is 10.7 Å². The van der Waals surface area contributed by atoms with Crippen LogP contribution >= 0.6 is 24.0 Å². The van der Waals surface area contributed by atoms with Gasteiger partial charge in [0.2, 0.25) is 0 Å². The summed E-state index contributed by atoms with van der Waals surface area (Å²) in [4.78, 5) is 4.33. The van der Waals surface area contributed by atoms with E-state index in [0.717, 1.165) is 16.8 Å². The van der Waals surface area contributed by atoms with Crippen molar-refractivity contribution in [3.05, 3.63) is 65.7 Å². The number of hydrogen-bond donors (Lipinski definition) is 2. The van der Waals surface area contributed by atoms with Crippen LogP contribution in [0.5, 0.6) is 0 Å². The molecule has 0 aromatic heterocycles. The minimum Gasteiger partial charge on any atom is -0.380 e.